The highest BCUT2D eigenvalue weighted by atomic mass is 32.1. The van der Waals surface area contributed by atoms with Crippen LogP contribution in [0.3, 0.4) is 0 Å². The van der Waals surface area contributed by atoms with Gasteiger partial charge in [-0.15, -0.1) is 0 Å². The molecule has 0 amide bonds. The third kappa shape index (κ3) is 3.69. The first-order chi connectivity index (χ1) is 9.41. The van der Waals surface area contributed by atoms with Crippen LogP contribution >= 0.6 is 12.2 Å². The normalized spacial score (nSPS) is 23.6. The fourth-order valence-electron chi connectivity index (χ4n) is 2.75. The first-order valence-corrected chi connectivity index (χ1v) is 7.23. The Labute approximate surface area is 125 Å². The number of thiocarbonyl (C=S) groups is 1. The number of nitrogens with two attached hydrogens (primary N) is 1. The van der Waals surface area contributed by atoms with E-state index in [-0.39, 0.29) is 0 Å². The average molecular weight is 294 g/mol. The Morgan fingerprint density at radius 1 is 1.55 bits per heavy atom. The maximum Gasteiger partial charge on any atom is 0.129 e. The molecule has 0 saturated carbocycles. The summed E-state index contributed by atoms with van der Waals surface area (Å²) in [7, 11) is 1.62. The molecule has 1 unspecified atom stereocenters. The number of hydrogen-bond donors (Lipinski definition) is 2. The monoisotopic (exact) mass is 294 g/mol. The summed E-state index contributed by atoms with van der Waals surface area (Å²) in [5.41, 5.74) is 6.99. The Bertz CT molecular complexity index is 503. The van der Waals surface area contributed by atoms with Crippen LogP contribution in [0.5, 0.6) is 5.75 Å². The lowest BCUT2D eigenvalue weighted by atomic mass is 9.95. The highest BCUT2D eigenvalue weighted by Crippen LogP contribution is 2.24. The molecule has 1 aliphatic rings. The van der Waals surface area contributed by atoms with Crippen LogP contribution < -0.4 is 10.5 Å². The van der Waals surface area contributed by atoms with Gasteiger partial charge in [-0.3, -0.25) is 4.90 Å². The molecule has 3 N–H and O–H groups in total. The summed E-state index contributed by atoms with van der Waals surface area (Å²) in [6.07, 6.45) is 1.89. The van der Waals surface area contributed by atoms with E-state index in [4.69, 9.17) is 22.7 Å². The molecule has 0 aromatic heterocycles. The minimum absolute atomic E-state index is 0.342. The quantitative estimate of drug-likeness (QED) is 0.827. The predicted octanol–water partition coefficient (Wildman–Crippen LogP) is 1.68. The van der Waals surface area contributed by atoms with Crippen LogP contribution in [0.15, 0.2) is 18.2 Å². The van der Waals surface area contributed by atoms with Gasteiger partial charge < -0.3 is 15.6 Å². The van der Waals surface area contributed by atoms with Crippen molar-refractivity contribution in [2.75, 3.05) is 20.2 Å². The SMILES string of the molecule is COc1cc(CN2CCCC(C)(O)C2)ccc1C(N)=S. The number of benzene rings is 1. The van der Waals surface area contributed by atoms with Crippen LogP contribution in [0.25, 0.3) is 0 Å². The van der Waals surface area contributed by atoms with Gasteiger partial charge in [-0.2, -0.15) is 0 Å². The number of piperidine rings is 1. The van der Waals surface area contributed by atoms with E-state index in [9.17, 15) is 5.11 Å². The molecule has 2 rings (SSSR count). The zero-order valence-electron chi connectivity index (χ0n) is 12.1. The van der Waals surface area contributed by atoms with Crippen LogP contribution in [-0.2, 0) is 6.54 Å². The van der Waals surface area contributed by atoms with Crippen molar-refractivity contribution in [1.82, 2.24) is 4.90 Å². The van der Waals surface area contributed by atoms with Crippen molar-refractivity contribution in [3.63, 3.8) is 0 Å². The number of methoxy groups -OCH3 is 1. The molecule has 1 heterocycles. The Morgan fingerprint density at radius 2 is 2.30 bits per heavy atom. The minimum atomic E-state index is -0.582. The molecule has 0 radical (unpaired) electrons. The fraction of sp³-hybridized carbons (Fsp3) is 0.533. The van der Waals surface area contributed by atoms with Gasteiger partial charge in [-0.1, -0.05) is 18.3 Å². The van der Waals surface area contributed by atoms with E-state index in [1.165, 1.54) is 0 Å². The second-order valence-corrected chi connectivity index (χ2v) is 6.15. The smallest absolute Gasteiger partial charge is 0.129 e. The Kier molecular flexibility index (Phi) is 4.62. The first kappa shape index (κ1) is 15.2. The number of nitrogens with zero attached hydrogens (tertiary/aromatic N) is 1. The number of hydrogen-bond acceptors (Lipinski definition) is 4. The van der Waals surface area contributed by atoms with Gasteiger partial charge in [0.05, 0.1) is 18.3 Å². The lowest BCUT2D eigenvalue weighted by molar-refractivity contribution is -0.0181. The topological polar surface area (TPSA) is 58.7 Å². The van der Waals surface area contributed by atoms with Crippen LogP contribution in [0, 0.1) is 0 Å². The first-order valence-electron chi connectivity index (χ1n) is 6.83. The van der Waals surface area contributed by atoms with Crippen molar-refractivity contribution in [3.05, 3.63) is 29.3 Å². The van der Waals surface area contributed by atoms with Gasteiger partial charge in [0.1, 0.15) is 10.7 Å². The van der Waals surface area contributed by atoms with E-state index in [1.807, 2.05) is 25.1 Å². The molecule has 110 valence electrons. The summed E-state index contributed by atoms with van der Waals surface area (Å²) in [5.74, 6) is 0.707. The van der Waals surface area contributed by atoms with Gasteiger partial charge in [0.25, 0.3) is 0 Å². The molecule has 1 fully saturated rings. The van der Waals surface area contributed by atoms with E-state index in [0.29, 0.717) is 17.3 Å². The molecule has 1 atom stereocenters. The molecular formula is C15H22N2O2S. The van der Waals surface area contributed by atoms with Crippen LogP contribution in [0.4, 0.5) is 0 Å². The van der Waals surface area contributed by atoms with E-state index in [0.717, 1.165) is 37.1 Å². The highest BCUT2D eigenvalue weighted by molar-refractivity contribution is 7.80. The van der Waals surface area contributed by atoms with Gasteiger partial charge in [-0.25, -0.2) is 0 Å². The number of β-amino-alcohol motifs (C(OH)–C–C–N with tert-alkyl or cyclic N) is 1. The lowest BCUT2D eigenvalue weighted by Crippen LogP contribution is -2.45. The van der Waals surface area contributed by atoms with Gasteiger partial charge in [0.2, 0.25) is 0 Å². The fourth-order valence-corrected chi connectivity index (χ4v) is 2.92. The zero-order chi connectivity index (χ0) is 14.8. The highest BCUT2D eigenvalue weighted by Gasteiger charge is 2.28. The Hall–Kier alpha value is -1.17. The molecule has 4 nitrogen and oxygen atoms in total. The number of ether oxygens (including phenoxy) is 1. The number of rotatable bonds is 4. The van der Waals surface area contributed by atoms with Gasteiger partial charge in [0, 0.05) is 13.1 Å². The van der Waals surface area contributed by atoms with E-state index in [1.54, 1.807) is 7.11 Å². The summed E-state index contributed by atoms with van der Waals surface area (Å²) in [5, 5.41) is 10.1. The third-order valence-electron chi connectivity index (χ3n) is 3.69. The Morgan fingerprint density at radius 3 is 2.90 bits per heavy atom. The summed E-state index contributed by atoms with van der Waals surface area (Å²) < 4.78 is 5.34. The van der Waals surface area contributed by atoms with E-state index in [2.05, 4.69) is 4.90 Å². The van der Waals surface area contributed by atoms with Crippen molar-refractivity contribution in [2.24, 2.45) is 5.73 Å². The summed E-state index contributed by atoms with van der Waals surface area (Å²) in [4.78, 5) is 2.60. The molecule has 5 heteroatoms. The minimum Gasteiger partial charge on any atom is -0.496 e. The lowest BCUT2D eigenvalue weighted by Gasteiger charge is -2.36. The van der Waals surface area contributed by atoms with Crippen LogP contribution in [0.1, 0.15) is 30.9 Å². The zero-order valence-corrected chi connectivity index (χ0v) is 12.9. The molecule has 0 spiro atoms. The van der Waals surface area contributed by atoms with E-state index < -0.39 is 5.60 Å². The van der Waals surface area contributed by atoms with Crippen LogP contribution in [-0.4, -0.2) is 40.8 Å². The van der Waals surface area contributed by atoms with Crippen molar-refractivity contribution in [3.8, 4) is 5.75 Å². The van der Waals surface area contributed by atoms with Crippen molar-refractivity contribution in [2.45, 2.75) is 31.9 Å². The molecule has 1 aromatic rings. The maximum absolute atomic E-state index is 10.1. The van der Waals surface area contributed by atoms with Crippen molar-refractivity contribution >= 4 is 17.2 Å². The molecule has 0 bridgehead atoms. The molecule has 1 aromatic carbocycles. The summed E-state index contributed by atoms with van der Waals surface area (Å²) in [6, 6.07) is 5.89. The molecule has 1 aliphatic heterocycles. The van der Waals surface area contributed by atoms with E-state index >= 15 is 0 Å². The Balaban J connectivity index is 2.12. The molecular weight excluding hydrogens is 272 g/mol. The molecule has 0 aliphatic carbocycles. The van der Waals surface area contributed by atoms with Gasteiger partial charge in [0.15, 0.2) is 0 Å². The summed E-state index contributed by atoms with van der Waals surface area (Å²) >= 11 is 5.00. The van der Waals surface area contributed by atoms with Crippen molar-refractivity contribution in [1.29, 1.82) is 0 Å². The molecule has 20 heavy (non-hydrogen) atoms. The standard InChI is InChI=1S/C15H22N2O2S/c1-15(18)6-3-7-17(10-15)9-11-4-5-12(14(16)20)13(8-11)19-2/h4-5,8,18H,3,6-7,9-10H2,1-2H3,(H2,16,20). The maximum atomic E-state index is 10.1. The van der Waals surface area contributed by atoms with Crippen LogP contribution in [0.2, 0.25) is 0 Å². The largest absolute Gasteiger partial charge is 0.496 e. The molecule has 1 saturated heterocycles. The number of aliphatic hydroxyl groups is 1. The second kappa shape index (κ2) is 6.08. The average Bonchev–Trinajstić information content (AvgIpc) is 2.37. The van der Waals surface area contributed by atoms with Crippen molar-refractivity contribution < 1.29 is 9.84 Å². The summed E-state index contributed by atoms with van der Waals surface area (Å²) in [6.45, 7) is 4.40. The van der Waals surface area contributed by atoms with Gasteiger partial charge in [-0.05, 0) is 44.0 Å². The third-order valence-corrected chi connectivity index (χ3v) is 3.91. The predicted molar refractivity (Wildman–Crippen MR) is 84.0 cm³/mol. The second-order valence-electron chi connectivity index (χ2n) is 5.71. The van der Waals surface area contributed by atoms with Gasteiger partial charge >= 0.3 is 0 Å². The number of likely N-dealkylation sites (tertiary alicyclic amines) is 1.